The molecule has 0 aliphatic heterocycles. The fourth-order valence-corrected chi connectivity index (χ4v) is 2.51. The van der Waals surface area contributed by atoms with Gasteiger partial charge in [0.15, 0.2) is 5.78 Å². The van der Waals surface area contributed by atoms with Gasteiger partial charge in [0.05, 0.1) is 5.02 Å². The summed E-state index contributed by atoms with van der Waals surface area (Å²) >= 11 is 11.9. The van der Waals surface area contributed by atoms with Gasteiger partial charge >= 0.3 is 0 Å². The number of hydrogen-bond acceptors (Lipinski definition) is 3. The molecule has 0 aliphatic rings. The Morgan fingerprint density at radius 1 is 1.17 bits per heavy atom. The molecular weight excluding hydrogens is 345 g/mol. The highest BCUT2D eigenvalue weighted by Crippen LogP contribution is 2.22. The first-order valence-electron chi connectivity index (χ1n) is 7.51. The molecule has 2 aromatic carbocycles. The van der Waals surface area contributed by atoms with Crippen molar-refractivity contribution in [1.29, 1.82) is 0 Å². The van der Waals surface area contributed by atoms with Crippen molar-refractivity contribution in [3.63, 3.8) is 0 Å². The number of rotatable bonds is 7. The van der Waals surface area contributed by atoms with Gasteiger partial charge in [0.1, 0.15) is 12.4 Å². The standard InChI is InChI=1S/C19H19Cl2NO2/c1-22(2)10-11-24-16-5-3-4-14(12-16)6-9-19(23)17-8-7-15(20)13-18(17)21/h3-9,12-13H,10-11H2,1-2H3/b9-6+. The number of ketones is 1. The van der Waals surface area contributed by atoms with E-state index in [-0.39, 0.29) is 5.78 Å². The van der Waals surface area contributed by atoms with Gasteiger partial charge in [-0.1, -0.05) is 41.4 Å². The maximum Gasteiger partial charge on any atom is 0.187 e. The maximum absolute atomic E-state index is 12.2. The van der Waals surface area contributed by atoms with E-state index in [1.54, 1.807) is 24.3 Å². The van der Waals surface area contributed by atoms with Crippen LogP contribution in [0.2, 0.25) is 10.0 Å². The van der Waals surface area contributed by atoms with Crippen LogP contribution in [-0.2, 0) is 0 Å². The summed E-state index contributed by atoms with van der Waals surface area (Å²) < 4.78 is 5.68. The van der Waals surface area contributed by atoms with Crippen molar-refractivity contribution < 1.29 is 9.53 Å². The first-order valence-corrected chi connectivity index (χ1v) is 8.26. The third kappa shape index (κ3) is 5.68. The number of nitrogens with zero attached hydrogens (tertiary/aromatic N) is 1. The lowest BCUT2D eigenvalue weighted by Gasteiger charge is -2.11. The molecule has 0 radical (unpaired) electrons. The molecule has 2 aromatic rings. The zero-order chi connectivity index (χ0) is 17.5. The molecule has 0 spiro atoms. The van der Waals surface area contributed by atoms with E-state index in [1.807, 2.05) is 38.4 Å². The highest BCUT2D eigenvalue weighted by molar-refractivity contribution is 6.37. The van der Waals surface area contributed by atoms with E-state index in [1.165, 1.54) is 6.08 Å². The van der Waals surface area contributed by atoms with Gasteiger partial charge in [0, 0.05) is 17.1 Å². The van der Waals surface area contributed by atoms with Crippen LogP contribution >= 0.6 is 23.2 Å². The van der Waals surface area contributed by atoms with E-state index in [4.69, 9.17) is 27.9 Å². The van der Waals surface area contributed by atoms with E-state index in [9.17, 15) is 4.79 Å². The monoisotopic (exact) mass is 363 g/mol. The zero-order valence-electron chi connectivity index (χ0n) is 13.6. The fourth-order valence-electron chi connectivity index (χ4n) is 2.01. The highest BCUT2D eigenvalue weighted by Gasteiger charge is 2.07. The summed E-state index contributed by atoms with van der Waals surface area (Å²) in [6, 6.07) is 12.4. The number of ether oxygens (including phenoxy) is 1. The molecular formula is C19H19Cl2NO2. The van der Waals surface area contributed by atoms with E-state index < -0.39 is 0 Å². The van der Waals surface area contributed by atoms with Gasteiger partial charge in [0.25, 0.3) is 0 Å². The number of carbonyl (C=O) groups is 1. The first kappa shape index (κ1) is 18.5. The van der Waals surface area contributed by atoms with Crippen LogP contribution in [0.15, 0.2) is 48.5 Å². The molecule has 24 heavy (non-hydrogen) atoms. The van der Waals surface area contributed by atoms with Gasteiger partial charge in [-0.05, 0) is 56.1 Å². The van der Waals surface area contributed by atoms with Gasteiger partial charge in [-0.2, -0.15) is 0 Å². The summed E-state index contributed by atoms with van der Waals surface area (Å²) in [5.41, 5.74) is 1.31. The predicted molar refractivity (Wildman–Crippen MR) is 100 cm³/mol. The number of carbonyl (C=O) groups excluding carboxylic acids is 1. The highest BCUT2D eigenvalue weighted by atomic mass is 35.5. The summed E-state index contributed by atoms with van der Waals surface area (Å²) in [5.74, 6) is 0.603. The van der Waals surface area contributed by atoms with Gasteiger partial charge in [-0.25, -0.2) is 0 Å². The van der Waals surface area contributed by atoms with Gasteiger partial charge in [-0.3, -0.25) is 4.79 Å². The second-order valence-corrected chi connectivity index (χ2v) is 6.39. The second kappa shape index (κ2) is 8.88. The van der Waals surface area contributed by atoms with Crippen molar-refractivity contribution in [2.45, 2.75) is 0 Å². The van der Waals surface area contributed by atoms with Crippen LogP contribution < -0.4 is 4.74 Å². The summed E-state index contributed by atoms with van der Waals surface area (Å²) in [4.78, 5) is 14.3. The van der Waals surface area contributed by atoms with Crippen molar-refractivity contribution >= 4 is 35.1 Å². The Labute approximate surface area is 152 Å². The fraction of sp³-hybridized carbons (Fsp3) is 0.211. The molecule has 5 heteroatoms. The molecule has 0 aromatic heterocycles. The van der Waals surface area contributed by atoms with Crippen molar-refractivity contribution in [1.82, 2.24) is 4.90 Å². The first-order chi connectivity index (χ1) is 11.5. The predicted octanol–water partition coefficient (Wildman–Crippen LogP) is 4.83. The molecule has 0 saturated heterocycles. The molecule has 0 fully saturated rings. The van der Waals surface area contributed by atoms with E-state index in [2.05, 4.69) is 4.90 Å². The lowest BCUT2D eigenvalue weighted by Crippen LogP contribution is -2.19. The molecule has 3 nitrogen and oxygen atoms in total. The lowest BCUT2D eigenvalue weighted by atomic mass is 10.1. The Bertz CT molecular complexity index is 742. The van der Waals surface area contributed by atoms with Crippen molar-refractivity contribution in [2.75, 3.05) is 27.2 Å². The molecule has 0 heterocycles. The van der Waals surface area contributed by atoms with Gasteiger partial charge in [-0.15, -0.1) is 0 Å². The third-order valence-electron chi connectivity index (χ3n) is 3.29. The summed E-state index contributed by atoms with van der Waals surface area (Å²) in [7, 11) is 3.99. The largest absolute Gasteiger partial charge is 0.492 e. The number of benzene rings is 2. The molecule has 126 valence electrons. The molecule has 0 aliphatic carbocycles. The Morgan fingerprint density at radius 3 is 2.67 bits per heavy atom. The Morgan fingerprint density at radius 2 is 1.96 bits per heavy atom. The summed E-state index contributed by atoms with van der Waals surface area (Å²) in [6.07, 6.45) is 3.24. The second-order valence-electron chi connectivity index (χ2n) is 5.55. The zero-order valence-corrected chi connectivity index (χ0v) is 15.1. The van der Waals surface area contributed by atoms with E-state index >= 15 is 0 Å². The van der Waals surface area contributed by atoms with E-state index in [0.717, 1.165) is 17.9 Å². The molecule has 0 unspecified atom stereocenters. The summed E-state index contributed by atoms with van der Waals surface area (Å²) in [5, 5.41) is 0.848. The topological polar surface area (TPSA) is 29.5 Å². The smallest absolute Gasteiger partial charge is 0.187 e. The molecule has 0 N–H and O–H groups in total. The minimum atomic E-state index is -0.171. The van der Waals surface area contributed by atoms with Crippen LogP contribution in [0.5, 0.6) is 5.75 Å². The lowest BCUT2D eigenvalue weighted by molar-refractivity contribution is 0.104. The number of likely N-dealkylation sites (N-methyl/N-ethyl adjacent to an activating group) is 1. The van der Waals surface area contributed by atoms with Crippen LogP contribution in [0.3, 0.4) is 0 Å². The van der Waals surface area contributed by atoms with Crippen molar-refractivity contribution in [3.05, 3.63) is 69.7 Å². The van der Waals surface area contributed by atoms with Gasteiger partial charge in [0.2, 0.25) is 0 Å². The van der Waals surface area contributed by atoms with E-state index in [0.29, 0.717) is 22.2 Å². The van der Waals surface area contributed by atoms with Crippen LogP contribution in [0.25, 0.3) is 6.08 Å². The summed E-state index contributed by atoms with van der Waals surface area (Å²) in [6.45, 7) is 1.45. The molecule has 2 rings (SSSR count). The molecule has 0 amide bonds. The van der Waals surface area contributed by atoms with Crippen LogP contribution in [0.1, 0.15) is 15.9 Å². The number of hydrogen-bond donors (Lipinski definition) is 0. The van der Waals surface area contributed by atoms with Crippen LogP contribution in [0, 0.1) is 0 Å². The third-order valence-corrected chi connectivity index (χ3v) is 3.84. The molecule has 0 atom stereocenters. The quantitative estimate of drug-likeness (QED) is 0.521. The average molecular weight is 364 g/mol. The Kier molecular flexibility index (Phi) is 6.85. The van der Waals surface area contributed by atoms with Crippen LogP contribution in [0.4, 0.5) is 0 Å². The molecule has 0 saturated carbocycles. The Hall–Kier alpha value is -1.81. The SMILES string of the molecule is CN(C)CCOc1cccc(/C=C/C(=O)c2ccc(Cl)cc2Cl)c1. The number of halogens is 2. The average Bonchev–Trinajstić information content (AvgIpc) is 2.53. The van der Waals surface area contributed by atoms with Crippen LogP contribution in [-0.4, -0.2) is 37.9 Å². The Balaban J connectivity index is 2.04. The number of allylic oxidation sites excluding steroid dienone is 1. The van der Waals surface area contributed by atoms with Crippen molar-refractivity contribution in [2.24, 2.45) is 0 Å². The minimum Gasteiger partial charge on any atom is -0.492 e. The van der Waals surface area contributed by atoms with Gasteiger partial charge < -0.3 is 9.64 Å². The van der Waals surface area contributed by atoms with Crippen molar-refractivity contribution in [3.8, 4) is 5.75 Å². The normalized spacial score (nSPS) is 11.2. The minimum absolute atomic E-state index is 0.171. The molecule has 0 bridgehead atoms. The maximum atomic E-state index is 12.2.